The van der Waals surface area contributed by atoms with Crippen molar-refractivity contribution in [3.8, 4) is 0 Å². The summed E-state index contributed by atoms with van der Waals surface area (Å²) in [6, 6.07) is 3.88. The Morgan fingerprint density at radius 3 is 2.27 bits per heavy atom. The van der Waals surface area contributed by atoms with Gasteiger partial charge in [0.25, 0.3) is 0 Å². The highest BCUT2D eigenvalue weighted by Gasteiger charge is 2.60. The Morgan fingerprint density at radius 2 is 1.65 bits per heavy atom. The first-order valence-electron chi connectivity index (χ1n) is 9.70. The zero-order valence-electron chi connectivity index (χ0n) is 15.9. The number of aryl methyl sites for hydroxylation is 3. The molecule has 0 saturated heterocycles. The van der Waals surface area contributed by atoms with Crippen LogP contribution >= 0.6 is 0 Å². The van der Waals surface area contributed by atoms with Crippen LogP contribution in [0.5, 0.6) is 0 Å². The number of rotatable bonds is 4. The number of hydrogen-bond donors (Lipinski definition) is 1. The standard InChI is InChI=1S/C22H28O4/c1-13-4-15(3)18(5-14(13)2)19(23)11-26-20(24)21-7-16-6-17(8-21)10-22(25,9-16)12-21/h4-5,16-17,25H,6-12H2,1-3H3/t16-,17+,21?,22?. The van der Waals surface area contributed by atoms with Crippen molar-refractivity contribution in [1.82, 2.24) is 0 Å². The first kappa shape index (κ1) is 17.7. The number of ketones is 1. The van der Waals surface area contributed by atoms with Crippen molar-refractivity contribution >= 4 is 11.8 Å². The van der Waals surface area contributed by atoms with E-state index in [1.54, 1.807) is 0 Å². The summed E-state index contributed by atoms with van der Waals surface area (Å²) in [6.45, 7) is 5.70. The second-order valence-electron chi connectivity index (χ2n) is 9.22. The molecule has 4 bridgehead atoms. The van der Waals surface area contributed by atoms with Crippen molar-refractivity contribution < 1.29 is 19.4 Å². The molecule has 4 aliphatic rings. The van der Waals surface area contributed by atoms with Gasteiger partial charge in [0.05, 0.1) is 11.0 Å². The summed E-state index contributed by atoms with van der Waals surface area (Å²) in [5.41, 5.74) is 2.49. The maximum Gasteiger partial charge on any atom is 0.312 e. The molecule has 0 aromatic heterocycles. The first-order valence-corrected chi connectivity index (χ1v) is 9.70. The van der Waals surface area contributed by atoms with Crippen molar-refractivity contribution in [2.24, 2.45) is 17.3 Å². The molecule has 4 atom stereocenters. The lowest BCUT2D eigenvalue weighted by molar-refractivity contribution is -0.195. The van der Waals surface area contributed by atoms with E-state index in [2.05, 4.69) is 0 Å². The summed E-state index contributed by atoms with van der Waals surface area (Å²) in [5.74, 6) is 0.417. The quantitative estimate of drug-likeness (QED) is 0.660. The van der Waals surface area contributed by atoms with Crippen LogP contribution in [0.25, 0.3) is 0 Å². The minimum atomic E-state index is -0.697. The maximum absolute atomic E-state index is 12.9. The van der Waals surface area contributed by atoms with Crippen LogP contribution < -0.4 is 0 Å². The topological polar surface area (TPSA) is 63.6 Å². The van der Waals surface area contributed by atoms with Gasteiger partial charge < -0.3 is 9.84 Å². The molecule has 4 nitrogen and oxygen atoms in total. The van der Waals surface area contributed by atoms with Gasteiger partial charge in [-0.25, -0.2) is 0 Å². The Bertz CT molecular complexity index is 765. The van der Waals surface area contributed by atoms with Crippen LogP contribution in [-0.2, 0) is 9.53 Å². The smallest absolute Gasteiger partial charge is 0.312 e. The molecule has 4 fully saturated rings. The fourth-order valence-corrected chi connectivity index (χ4v) is 6.08. The van der Waals surface area contributed by atoms with E-state index in [0.717, 1.165) is 48.8 Å². The molecule has 26 heavy (non-hydrogen) atoms. The van der Waals surface area contributed by atoms with Crippen LogP contribution in [0, 0.1) is 38.0 Å². The second-order valence-corrected chi connectivity index (χ2v) is 9.22. The first-order chi connectivity index (χ1) is 12.2. The summed E-state index contributed by atoms with van der Waals surface area (Å²) in [4.78, 5) is 25.5. The number of Topliss-reactive ketones (excluding diaryl/α,β-unsaturated/α-hetero) is 1. The zero-order chi connectivity index (χ0) is 18.7. The molecule has 0 amide bonds. The number of ether oxygens (including phenoxy) is 1. The Morgan fingerprint density at radius 1 is 1.04 bits per heavy atom. The lowest BCUT2D eigenvalue weighted by Gasteiger charge is -2.58. The summed E-state index contributed by atoms with van der Waals surface area (Å²) < 4.78 is 5.51. The Labute approximate surface area is 154 Å². The predicted molar refractivity (Wildman–Crippen MR) is 98.0 cm³/mol. The minimum Gasteiger partial charge on any atom is -0.457 e. The van der Waals surface area contributed by atoms with Gasteiger partial charge in [-0.1, -0.05) is 6.07 Å². The van der Waals surface area contributed by atoms with E-state index in [9.17, 15) is 14.7 Å². The molecule has 5 rings (SSSR count). The summed E-state index contributed by atoms with van der Waals surface area (Å²) in [5, 5.41) is 10.8. The third kappa shape index (κ3) is 2.88. The zero-order valence-corrected chi connectivity index (χ0v) is 15.9. The molecule has 140 valence electrons. The molecular formula is C22H28O4. The van der Waals surface area contributed by atoms with Crippen LogP contribution in [0.2, 0.25) is 0 Å². The summed E-state index contributed by atoms with van der Waals surface area (Å²) in [7, 11) is 0. The second kappa shape index (κ2) is 5.91. The van der Waals surface area contributed by atoms with Crippen molar-refractivity contribution in [2.45, 2.75) is 64.9 Å². The van der Waals surface area contributed by atoms with E-state index in [1.807, 2.05) is 32.9 Å². The number of benzene rings is 1. The van der Waals surface area contributed by atoms with Crippen molar-refractivity contribution in [2.75, 3.05) is 6.61 Å². The fraction of sp³-hybridized carbons (Fsp3) is 0.636. The molecule has 0 spiro atoms. The predicted octanol–water partition coefficient (Wildman–Crippen LogP) is 3.67. The average Bonchev–Trinajstić information content (AvgIpc) is 2.53. The largest absolute Gasteiger partial charge is 0.457 e. The van der Waals surface area contributed by atoms with E-state index < -0.39 is 11.0 Å². The Balaban J connectivity index is 1.46. The fourth-order valence-electron chi connectivity index (χ4n) is 6.08. The van der Waals surface area contributed by atoms with Crippen molar-refractivity contribution in [1.29, 1.82) is 0 Å². The van der Waals surface area contributed by atoms with Gasteiger partial charge in [0.15, 0.2) is 6.61 Å². The van der Waals surface area contributed by atoms with Gasteiger partial charge in [-0.05, 0) is 93.9 Å². The van der Waals surface area contributed by atoms with Gasteiger partial charge >= 0.3 is 5.97 Å². The molecule has 0 aliphatic heterocycles. The van der Waals surface area contributed by atoms with Crippen LogP contribution in [0.1, 0.15) is 65.6 Å². The van der Waals surface area contributed by atoms with Gasteiger partial charge in [-0.2, -0.15) is 0 Å². The van der Waals surface area contributed by atoms with Gasteiger partial charge in [0.1, 0.15) is 0 Å². The lowest BCUT2D eigenvalue weighted by atomic mass is 9.48. The lowest BCUT2D eigenvalue weighted by Crippen LogP contribution is -2.58. The van der Waals surface area contributed by atoms with Gasteiger partial charge in [0, 0.05) is 5.56 Å². The van der Waals surface area contributed by atoms with Crippen molar-refractivity contribution in [3.05, 3.63) is 34.4 Å². The maximum atomic E-state index is 12.9. The van der Waals surface area contributed by atoms with Crippen LogP contribution in [0.15, 0.2) is 12.1 Å². The van der Waals surface area contributed by atoms with E-state index in [4.69, 9.17) is 4.74 Å². The molecule has 4 saturated carbocycles. The molecule has 1 aromatic carbocycles. The SMILES string of the molecule is Cc1cc(C)c(C(=O)COC(=O)C23C[C@@H]4C[C@@H](CC(O)(C4)C2)C3)cc1C. The molecule has 4 heteroatoms. The van der Waals surface area contributed by atoms with E-state index in [1.165, 1.54) is 0 Å². The third-order valence-corrected chi connectivity index (χ3v) is 6.94. The highest BCUT2D eigenvalue weighted by molar-refractivity contribution is 5.99. The summed E-state index contributed by atoms with van der Waals surface area (Å²) in [6.07, 6.45) is 4.88. The van der Waals surface area contributed by atoms with Gasteiger partial charge in [-0.3, -0.25) is 9.59 Å². The third-order valence-electron chi connectivity index (χ3n) is 6.94. The van der Waals surface area contributed by atoms with Crippen LogP contribution in [-0.4, -0.2) is 29.1 Å². The normalized spacial score (nSPS) is 34.8. The molecule has 4 aliphatic carbocycles. The Hall–Kier alpha value is -1.68. The highest BCUT2D eigenvalue weighted by atomic mass is 16.5. The number of carbonyl (C=O) groups is 2. The number of aliphatic hydroxyl groups is 1. The highest BCUT2D eigenvalue weighted by Crippen LogP contribution is 2.61. The molecule has 0 radical (unpaired) electrons. The minimum absolute atomic E-state index is 0.151. The molecule has 1 aromatic rings. The van der Waals surface area contributed by atoms with E-state index in [0.29, 0.717) is 23.8 Å². The molecular weight excluding hydrogens is 328 g/mol. The van der Waals surface area contributed by atoms with Crippen LogP contribution in [0.4, 0.5) is 0 Å². The molecule has 1 N–H and O–H groups in total. The van der Waals surface area contributed by atoms with E-state index in [-0.39, 0.29) is 18.4 Å². The van der Waals surface area contributed by atoms with Gasteiger partial charge in [-0.15, -0.1) is 0 Å². The number of esters is 1. The number of hydrogen-bond acceptors (Lipinski definition) is 4. The van der Waals surface area contributed by atoms with Gasteiger partial charge in [0.2, 0.25) is 5.78 Å². The van der Waals surface area contributed by atoms with E-state index >= 15 is 0 Å². The Kier molecular flexibility index (Phi) is 4.03. The summed E-state index contributed by atoms with van der Waals surface area (Å²) >= 11 is 0. The monoisotopic (exact) mass is 356 g/mol. The van der Waals surface area contributed by atoms with Crippen LogP contribution in [0.3, 0.4) is 0 Å². The molecule has 2 unspecified atom stereocenters. The van der Waals surface area contributed by atoms with Crippen molar-refractivity contribution in [3.63, 3.8) is 0 Å². The average molecular weight is 356 g/mol. The number of carbonyl (C=O) groups excluding carboxylic acids is 2. The molecule has 0 heterocycles.